The van der Waals surface area contributed by atoms with Crippen molar-refractivity contribution in [3.8, 4) is 0 Å². The summed E-state index contributed by atoms with van der Waals surface area (Å²) >= 11 is 0. The van der Waals surface area contributed by atoms with Gasteiger partial charge in [-0.1, -0.05) is 19.1 Å². The molecule has 1 N–H and O–H groups in total. The van der Waals surface area contributed by atoms with Crippen LogP contribution >= 0.6 is 0 Å². The van der Waals surface area contributed by atoms with Crippen LogP contribution < -0.4 is 5.32 Å². The number of nitrogens with one attached hydrogen (secondary N) is 1. The number of carbonyl (C=O) groups excluding carboxylic acids is 3. The van der Waals surface area contributed by atoms with Gasteiger partial charge in [-0.05, 0) is 24.1 Å². The predicted octanol–water partition coefficient (Wildman–Crippen LogP) is 1.40. The van der Waals surface area contributed by atoms with Crippen molar-refractivity contribution >= 4 is 12.1 Å². The average Bonchev–Trinajstić information content (AvgIpc) is 2.65. The van der Waals surface area contributed by atoms with Crippen molar-refractivity contribution in [1.82, 2.24) is 5.32 Å². The normalized spacial score (nSPS) is 21.6. The number of rotatable bonds is 1. The minimum absolute atomic E-state index is 0.0565. The van der Waals surface area contributed by atoms with E-state index in [2.05, 4.69) is 5.32 Å². The zero-order valence-corrected chi connectivity index (χ0v) is 10.2. The molecule has 18 heavy (non-hydrogen) atoms. The summed E-state index contributed by atoms with van der Waals surface area (Å²) in [6, 6.07) is 5.21. The molecular weight excluding hydrogens is 237 g/mol. The molecule has 0 saturated carbocycles. The van der Waals surface area contributed by atoms with E-state index in [0.29, 0.717) is 12.1 Å². The van der Waals surface area contributed by atoms with Gasteiger partial charge in [0.15, 0.2) is 0 Å². The van der Waals surface area contributed by atoms with Crippen molar-refractivity contribution in [2.75, 3.05) is 6.54 Å². The number of benzene rings is 1. The minimum Gasteiger partial charge on any atom is -0.355 e. The summed E-state index contributed by atoms with van der Waals surface area (Å²) in [7, 11) is 0. The van der Waals surface area contributed by atoms with Gasteiger partial charge in [-0.25, -0.2) is 4.39 Å². The third-order valence-electron chi connectivity index (χ3n) is 3.14. The second-order valence-corrected chi connectivity index (χ2v) is 4.23. The molecule has 1 fully saturated rings. The fraction of sp³-hybridized carbons (Fsp3) is 0.385. The molecule has 0 aromatic heterocycles. The topological polar surface area (TPSA) is 63.2 Å². The van der Waals surface area contributed by atoms with Crippen LogP contribution in [0.3, 0.4) is 0 Å². The molecule has 0 spiro atoms. The van der Waals surface area contributed by atoms with E-state index in [0.717, 1.165) is 5.56 Å². The third kappa shape index (κ3) is 3.02. The van der Waals surface area contributed by atoms with Gasteiger partial charge in [-0.15, -0.1) is 0 Å². The van der Waals surface area contributed by atoms with Crippen LogP contribution in [-0.4, -0.2) is 18.6 Å². The Hall–Kier alpha value is -2.00. The zero-order chi connectivity index (χ0) is 13.7. The van der Waals surface area contributed by atoms with Gasteiger partial charge in [0.05, 0.1) is 0 Å². The molecule has 2 atom stereocenters. The van der Waals surface area contributed by atoms with E-state index >= 15 is 0 Å². The summed E-state index contributed by atoms with van der Waals surface area (Å²) in [6.07, 6.45) is 0.250. The van der Waals surface area contributed by atoms with Gasteiger partial charge in [0.2, 0.25) is 5.91 Å². The first kappa shape index (κ1) is 14.1. The van der Waals surface area contributed by atoms with E-state index in [1.54, 1.807) is 13.0 Å². The van der Waals surface area contributed by atoms with Crippen LogP contribution in [0.5, 0.6) is 0 Å². The molecule has 1 amide bonds. The molecule has 4 nitrogen and oxygen atoms in total. The average molecular weight is 251 g/mol. The number of halogens is 1. The van der Waals surface area contributed by atoms with Crippen LogP contribution in [0.1, 0.15) is 24.0 Å². The van der Waals surface area contributed by atoms with Crippen molar-refractivity contribution in [2.45, 2.75) is 19.8 Å². The largest absolute Gasteiger partial charge is 0.373 e. The quantitative estimate of drug-likeness (QED) is 0.820. The third-order valence-corrected chi connectivity index (χ3v) is 3.14. The number of hydrogen-bond acceptors (Lipinski definition) is 3. The summed E-state index contributed by atoms with van der Waals surface area (Å²) in [5, 5.41) is 2.79. The Morgan fingerprint density at radius 1 is 1.39 bits per heavy atom. The van der Waals surface area contributed by atoms with Gasteiger partial charge in [0.1, 0.15) is 5.82 Å². The minimum atomic E-state index is -0.195. The highest BCUT2D eigenvalue weighted by Crippen LogP contribution is 2.29. The Bertz CT molecular complexity index is 481. The second-order valence-electron chi connectivity index (χ2n) is 4.23. The lowest BCUT2D eigenvalue weighted by Crippen LogP contribution is -2.16. The van der Waals surface area contributed by atoms with Crippen LogP contribution in [-0.2, 0) is 14.4 Å². The molecule has 1 saturated heterocycles. The van der Waals surface area contributed by atoms with Crippen LogP contribution in [0, 0.1) is 18.7 Å². The van der Waals surface area contributed by atoms with Crippen LogP contribution in [0.25, 0.3) is 0 Å². The summed E-state index contributed by atoms with van der Waals surface area (Å²) < 4.78 is 13.4. The first-order valence-corrected chi connectivity index (χ1v) is 5.54. The predicted molar refractivity (Wildman–Crippen MR) is 61.1 cm³/mol. The number of amides is 1. The highest BCUT2D eigenvalue weighted by molar-refractivity contribution is 5.81. The van der Waals surface area contributed by atoms with Gasteiger partial charge in [-0.3, -0.25) is 4.79 Å². The molecule has 1 aromatic carbocycles. The molecule has 0 bridgehead atoms. The van der Waals surface area contributed by atoms with Crippen molar-refractivity contribution in [3.63, 3.8) is 0 Å². The maximum Gasteiger partial charge on any atom is 0.373 e. The van der Waals surface area contributed by atoms with E-state index in [1.807, 2.05) is 13.0 Å². The smallest absolute Gasteiger partial charge is 0.355 e. The molecule has 1 aliphatic heterocycles. The standard InChI is InChI=1S/C12H14FNO.CO2/c1-7-3-4-9(5-11(7)13)10-6-14-12(15)8(10)2;2-1-3/h3-5,8,10H,6H2,1-2H3,(H,14,15);/t8-,10+;/m0./s1. The molecule has 2 rings (SSSR count). The lowest BCUT2D eigenvalue weighted by molar-refractivity contribution is -0.191. The molecule has 5 heteroatoms. The Kier molecular flexibility index (Phi) is 4.75. The molecule has 1 aliphatic rings. The summed E-state index contributed by atoms with van der Waals surface area (Å²) in [4.78, 5) is 27.6. The van der Waals surface area contributed by atoms with Crippen LogP contribution in [0.15, 0.2) is 18.2 Å². The molecule has 96 valence electrons. The maximum atomic E-state index is 13.4. The zero-order valence-electron chi connectivity index (χ0n) is 10.2. The summed E-state index contributed by atoms with van der Waals surface area (Å²) in [5.74, 6) is -0.0975. The van der Waals surface area contributed by atoms with Gasteiger partial charge < -0.3 is 5.32 Å². The van der Waals surface area contributed by atoms with E-state index in [-0.39, 0.29) is 29.7 Å². The fourth-order valence-corrected chi connectivity index (χ4v) is 1.98. The lowest BCUT2D eigenvalue weighted by atomic mass is 9.89. The van der Waals surface area contributed by atoms with Crippen LogP contribution in [0.4, 0.5) is 4.39 Å². The molecule has 0 aliphatic carbocycles. The Morgan fingerprint density at radius 2 is 2.00 bits per heavy atom. The van der Waals surface area contributed by atoms with Crippen LogP contribution in [0.2, 0.25) is 0 Å². The van der Waals surface area contributed by atoms with Crippen molar-refractivity contribution in [1.29, 1.82) is 0 Å². The van der Waals surface area contributed by atoms with Gasteiger partial charge in [0.25, 0.3) is 0 Å². The number of carbonyl (C=O) groups is 1. The Labute approximate surface area is 104 Å². The van der Waals surface area contributed by atoms with Gasteiger partial charge >= 0.3 is 6.15 Å². The lowest BCUT2D eigenvalue weighted by Gasteiger charge is -2.13. The van der Waals surface area contributed by atoms with Gasteiger partial charge in [0, 0.05) is 18.4 Å². The number of hydrogen-bond donors (Lipinski definition) is 1. The molecule has 1 heterocycles. The molecule has 0 radical (unpaired) electrons. The van der Waals surface area contributed by atoms with Crippen molar-refractivity contribution in [3.05, 3.63) is 35.1 Å². The van der Waals surface area contributed by atoms with E-state index < -0.39 is 0 Å². The van der Waals surface area contributed by atoms with E-state index in [9.17, 15) is 9.18 Å². The Balaban J connectivity index is 0.000000492. The molecular formula is C13H14FNO3. The fourth-order valence-electron chi connectivity index (χ4n) is 1.98. The Morgan fingerprint density at radius 3 is 2.44 bits per heavy atom. The number of aryl methyl sites for hydroxylation is 1. The van der Waals surface area contributed by atoms with E-state index in [4.69, 9.17) is 9.59 Å². The van der Waals surface area contributed by atoms with Crippen molar-refractivity contribution in [2.24, 2.45) is 5.92 Å². The SMILES string of the molecule is Cc1ccc([C@@H]2CNC(=O)[C@H]2C)cc1F.O=C=O. The van der Waals surface area contributed by atoms with Gasteiger partial charge in [-0.2, -0.15) is 9.59 Å². The first-order chi connectivity index (χ1) is 8.51. The maximum absolute atomic E-state index is 13.4. The highest BCUT2D eigenvalue weighted by Gasteiger charge is 2.31. The van der Waals surface area contributed by atoms with Crippen molar-refractivity contribution < 1.29 is 18.8 Å². The molecule has 0 unspecified atom stereocenters. The monoisotopic (exact) mass is 251 g/mol. The van der Waals surface area contributed by atoms with E-state index in [1.165, 1.54) is 6.07 Å². The second kappa shape index (κ2) is 6.07. The summed E-state index contributed by atoms with van der Waals surface area (Å²) in [6.45, 7) is 4.23. The molecule has 1 aromatic rings. The highest BCUT2D eigenvalue weighted by atomic mass is 19.1. The first-order valence-electron chi connectivity index (χ1n) is 5.54. The summed E-state index contributed by atoms with van der Waals surface area (Å²) in [5.41, 5.74) is 1.55.